The molecule has 5 nitrogen and oxygen atoms in total. The first kappa shape index (κ1) is 17.8. The SMILES string of the molecule is O=C(O)[C@@H]1CN(C(=O)COc2ccc(F)cc2F)C[C@@H]1c1ccccc1. The van der Waals surface area contributed by atoms with Gasteiger partial charge >= 0.3 is 5.97 Å². The number of carboxylic acids is 1. The summed E-state index contributed by atoms with van der Waals surface area (Å²) < 4.78 is 31.6. The normalized spacial score (nSPS) is 19.4. The molecular weight excluding hydrogens is 344 g/mol. The number of benzene rings is 2. The molecule has 2 atom stereocenters. The number of hydrogen-bond donors (Lipinski definition) is 1. The van der Waals surface area contributed by atoms with Gasteiger partial charge in [0.2, 0.25) is 0 Å². The molecule has 7 heteroatoms. The van der Waals surface area contributed by atoms with Crippen molar-refractivity contribution in [2.24, 2.45) is 5.92 Å². The van der Waals surface area contributed by atoms with Gasteiger partial charge in [-0.25, -0.2) is 8.78 Å². The molecule has 0 saturated carbocycles. The van der Waals surface area contributed by atoms with Gasteiger partial charge in [-0.2, -0.15) is 0 Å². The van der Waals surface area contributed by atoms with Gasteiger partial charge in [0.1, 0.15) is 5.82 Å². The number of carbonyl (C=O) groups is 2. The molecule has 26 heavy (non-hydrogen) atoms. The largest absolute Gasteiger partial charge is 0.481 e. The molecule has 2 aromatic carbocycles. The molecule has 0 spiro atoms. The molecule has 1 fully saturated rings. The van der Waals surface area contributed by atoms with Crippen molar-refractivity contribution in [2.45, 2.75) is 5.92 Å². The number of halogens is 2. The average Bonchev–Trinajstić information content (AvgIpc) is 3.07. The van der Waals surface area contributed by atoms with Crippen LogP contribution < -0.4 is 4.74 Å². The molecule has 0 unspecified atom stereocenters. The van der Waals surface area contributed by atoms with Crippen LogP contribution in [-0.2, 0) is 9.59 Å². The lowest BCUT2D eigenvalue weighted by molar-refractivity contribution is -0.142. The number of aliphatic carboxylic acids is 1. The van der Waals surface area contributed by atoms with Crippen LogP contribution in [0, 0.1) is 17.6 Å². The summed E-state index contributed by atoms with van der Waals surface area (Å²) in [5.41, 5.74) is 0.848. The third-order valence-corrected chi connectivity index (χ3v) is 4.46. The number of amides is 1. The fourth-order valence-corrected chi connectivity index (χ4v) is 3.12. The predicted molar refractivity (Wildman–Crippen MR) is 88.7 cm³/mol. The highest BCUT2D eigenvalue weighted by molar-refractivity contribution is 5.80. The Labute approximate surface area is 148 Å². The molecule has 1 aliphatic heterocycles. The highest BCUT2D eigenvalue weighted by Gasteiger charge is 2.40. The maximum Gasteiger partial charge on any atom is 0.308 e. The predicted octanol–water partition coefficient (Wildman–Crippen LogP) is 2.67. The molecule has 0 bridgehead atoms. The minimum absolute atomic E-state index is 0.0585. The summed E-state index contributed by atoms with van der Waals surface area (Å²) in [6, 6.07) is 11.9. The minimum atomic E-state index is -0.973. The van der Waals surface area contributed by atoms with Crippen LogP contribution in [0.5, 0.6) is 5.75 Å². The van der Waals surface area contributed by atoms with Crippen molar-refractivity contribution in [3.05, 3.63) is 65.7 Å². The van der Waals surface area contributed by atoms with Crippen molar-refractivity contribution >= 4 is 11.9 Å². The molecular formula is C19H17F2NO4. The van der Waals surface area contributed by atoms with Crippen LogP contribution in [0.2, 0.25) is 0 Å². The van der Waals surface area contributed by atoms with Crippen molar-refractivity contribution in [3.63, 3.8) is 0 Å². The van der Waals surface area contributed by atoms with E-state index in [2.05, 4.69) is 0 Å². The van der Waals surface area contributed by atoms with Crippen LogP contribution >= 0.6 is 0 Å². The molecule has 0 aliphatic carbocycles. The first-order valence-corrected chi connectivity index (χ1v) is 8.09. The zero-order valence-corrected chi connectivity index (χ0v) is 13.8. The van der Waals surface area contributed by atoms with Crippen molar-refractivity contribution in [3.8, 4) is 5.75 Å². The molecule has 1 N–H and O–H groups in total. The zero-order valence-electron chi connectivity index (χ0n) is 13.8. The van der Waals surface area contributed by atoms with E-state index >= 15 is 0 Å². The molecule has 1 amide bonds. The summed E-state index contributed by atoms with van der Waals surface area (Å²) >= 11 is 0. The van der Waals surface area contributed by atoms with Crippen LogP contribution in [0.4, 0.5) is 8.78 Å². The third kappa shape index (κ3) is 3.82. The van der Waals surface area contributed by atoms with E-state index in [1.165, 1.54) is 4.90 Å². The Balaban J connectivity index is 1.67. The van der Waals surface area contributed by atoms with E-state index in [0.717, 1.165) is 17.7 Å². The van der Waals surface area contributed by atoms with E-state index in [9.17, 15) is 23.5 Å². The summed E-state index contributed by atoms with van der Waals surface area (Å²) in [6.07, 6.45) is 0. The van der Waals surface area contributed by atoms with Gasteiger partial charge in [0.25, 0.3) is 5.91 Å². The summed E-state index contributed by atoms with van der Waals surface area (Å²) in [5, 5.41) is 9.46. The monoisotopic (exact) mass is 361 g/mol. The van der Waals surface area contributed by atoms with E-state index in [4.69, 9.17) is 4.74 Å². The van der Waals surface area contributed by atoms with E-state index in [-0.39, 0.29) is 24.8 Å². The van der Waals surface area contributed by atoms with Crippen molar-refractivity contribution in [1.29, 1.82) is 0 Å². The number of likely N-dealkylation sites (tertiary alicyclic amines) is 1. The van der Waals surface area contributed by atoms with Gasteiger partial charge in [0.15, 0.2) is 18.2 Å². The number of rotatable bonds is 5. The van der Waals surface area contributed by atoms with Crippen LogP contribution in [0.1, 0.15) is 11.5 Å². The highest BCUT2D eigenvalue weighted by Crippen LogP contribution is 2.33. The Bertz CT molecular complexity index is 812. The molecule has 1 aliphatic rings. The van der Waals surface area contributed by atoms with Gasteiger partial charge in [-0.05, 0) is 17.7 Å². The molecule has 2 aromatic rings. The Morgan fingerprint density at radius 2 is 1.85 bits per heavy atom. The topological polar surface area (TPSA) is 66.8 Å². The second kappa shape index (κ2) is 7.51. The standard InChI is InChI=1S/C19H17F2NO4/c20-13-6-7-17(16(21)8-13)26-11-18(23)22-9-14(15(10-22)19(24)25)12-4-2-1-3-5-12/h1-8,14-15H,9-11H2,(H,24,25)/t14-,15-/m1/s1. The Morgan fingerprint density at radius 3 is 2.50 bits per heavy atom. The molecule has 1 saturated heterocycles. The van der Waals surface area contributed by atoms with Gasteiger partial charge in [-0.1, -0.05) is 30.3 Å². The quantitative estimate of drug-likeness (QED) is 0.889. The lowest BCUT2D eigenvalue weighted by Crippen LogP contribution is -2.34. The second-order valence-corrected chi connectivity index (χ2v) is 6.12. The Kier molecular flexibility index (Phi) is 5.16. The maximum atomic E-state index is 13.6. The molecule has 0 aromatic heterocycles. The summed E-state index contributed by atoms with van der Waals surface area (Å²) in [5.74, 6) is -4.32. The van der Waals surface area contributed by atoms with Gasteiger partial charge in [0.05, 0.1) is 5.92 Å². The Hall–Kier alpha value is -2.96. The number of hydrogen-bond acceptors (Lipinski definition) is 3. The fraction of sp³-hybridized carbons (Fsp3) is 0.263. The van der Waals surface area contributed by atoms with Gasteiger partial charge in [-0.3, -0.25) is 9.59 Å². The smallest absolute Gasteiger partial charge is 0.308 e. The lowest BCUT2D eigenvalue weighted by Gasteiger charge is -2.17. The molecule has 136 valence electrons. The first-order valence-electron chi connectivity index (χ1n) is 8.09. The van der Waals surface area contributed by atoms with Crippen LogP contribution in [0.25, 0.3) is 0 Å². The average molecular weight is 361 g/mol. The van der Waals surface area contributed by atoms with Crippen molar-refractivity contribution in [2.75, 3.05) is 19.7 Å². The summed E-state index contributed by atoms with van der Waals surface area (Å²) in [7, 11) is 0. The number of nitrogens with zero attached hydrogens (tertiary/aromatic N) is 1. The van der Waals surface area contributed by atoms with Crippen LogP contribution in [0.3, 0.4) is 0 Å². The highest BCUT2D eigenvalue weighted by atomic mass is 19.1. The lowest BCUT2D eigenvalue weighted by atomic mass is 9.89. The second-order valence-electron chi connectivity index (χ2n) is 6.12. The molecule has 0 radical (unpaired) electrons. The van der Waals surface area contributed by atoms with E-state index in [1.807, 2.05) is 30.3 Å². The van der Waals surface area contributed by atoms with Gasteiger partial charge in [-0.15, -0.1) is 0 Å². The number of carboxylic acid groups (broad SMARTS) is 1. The number of ether oxygens (including phenoxy) is 1. The Morgan fingerprint density at radius 1 is 1.12 bits per heavy atom. The molecule has 3 rings (SSSR count). The van der Waals surface area contributed by atoms with Gasteiger partial charge < -0.3 is 14.7 Å². The van der Waals surface area contributed by atoms with Gasteiger partial charge in [0, 0.05) is 25.1 Å². The number of carbonyl (C=O) groups excluding carboxylic acids is 1. The van der Waals surface area contributed by atoms with Crippen LogP contribution in [0.15, 0.2) is 48.5 Å². The zero-order chi connectivity index (χ0) is 18.7. The minimum Gasteiger partial charge on any atom is -0.481 e. The maximum absolute atomic E-state index is 13.6. The van der Waals surface area contributed by atoms with Crippen molar-refractivity contribution < 1.29 is 28.2 Å². The molecule has 1 heterocycles. The van der Waals surface area contributed by atoms with Crippen molar-refractivity contribution in [1.82, 2.24) is 4.90 Å². The summed E-state index contributed by atoms with van der Waals surface area (Å²) in [4.78, 5) is 25.3. The third-order valence-electron chi connectivity index (χ3n) is 4.46. The van der Waals surface area contributed by atoms with Crippen LogP contribution in [-0.4, -0.2) is 41.6 Å². The first-order chi connectivity index (χ1) is 12.5. The van der Waals surface area contributed by atoms with E-state index in [0.29, 0.717) is 6.07 Å². The summed E-state index contributed by atoms with van der Waals surface area (Å²) in [6.45, 7) is -0.144. The van der Waals surface area contributed by atoms with E-state index in [1.54, 1.807) is 0 Å². The van der Waals surface area contributed by atoms with E-state index < -0.39 is 36.0 Å². The fourth-order valence-electron chi connectivity index (χ4n) is 3.12.